The molecular weight excluding hydrogens is 480 g/mol. The van der Waals surface area contributed by atoms with Crippen LogP contribution in [0, 0.1) is 0 Å². The lowest BCUT2D eigenvalue weighted by Crippen LogP contribution is -2.12. The first-order valence-corrected chi connectivity index (χ1v) is 11.9. The van der Waals surface area contributed by atoms with Gasteiger partial charge in [-0.15, -0.1) is 0 Å². The number of ether oxygens (including phenoxy) is 2. The van der Waals surface area contributed by atoms with Crippen molar-refractivity contribution in [1.82, 2.24) is 15.0 Å². The van der Waals surface area contributed by atoms with Gasteiger partial charge < -0.3 is 25.8 Å². The van der Waals surface area contributed by atoms with Crippen LogP contribution in [0.2, 0.25) is 0 Å². The quantitative estimate of drug-likeness (QED) is 0.259. The second kappa shape index (κ2) is 9.90. The third-order valence-electron chi connectivity index (χ3n) is 5.93. The van der Waals surface area contributed by atoms with Gasteiger partial charge in [-0.2, -0.15) is 0 Å². The van der Waals surface area contributed by atoms with Gasteiger partial charge in [0.2, 0.25) is 5.95 Å². The lowest BCUT2D eigenvalue weighted by Gasteiger charge is -2.15. The standard InChI is InChI=1S/C29H22N6O3/c30-25-15-18-3-9-24(25)26-11-13-32-29(35-26)34-21-6-10-27(38-23-2-1-12-31-16-23)19(14-21)17-37-22-7-4-20(5-8-22)33-28(18)36/h1-16H,17,30H2,(H,33,36)(H,32,34,35). The Labute approximate surface area is 218 Å². The second-order valence-electron chi connectivity index (χ2n) is 8.57. The molecule has 2 aromatic heterocycles. The molecule has 8 bridgehead atoms. The molecule has 6 heterocycles. The van der Waals surface area contributed by atoms with E-state index in [2.05, 4.69) is 25.6 Å². The van der Waals surface area contributed by atoms with E-state index >= 15 is 0 Å². The van der Waals surface area contributed by atoms with Crippen LogP contribution in [0.15, 0.2) is 97.5 Å². The molecule has 0 spiro atoms. The summed E-state index contributed by atoms with van der Waals surface area (Å²) in [5, 5.41) is 6.14. The fourth-order valence-electron chi connectivity index (χ4n) is 4.04. The number of hydrogen-bond donors (Lipinski definition) is 3. The number of nitrogens with two attached hydrogens (primary N) is 1. The normalized spacial score (nSPS) is 12.4. The smallest absolute Gasteiger partial charge is 0.255 e. The average Bonchev–Trinajstić information content (AvgIpc) is 2.94. The molecule has 4 aliphatic heterocycles. The molecule has 0 atom stereocenters. The van der Waals surface area contributed by atoms with Gasteiger partial charge in [0, 0.05) is 46.1 Å². The molecule has 1 amide bonds. The number of nitrogen functional groups attached to an aromatic ring is 1. The number of carbonyl (C=O) groups excluding carboxylic acids is 1. The number of amides is 1. The first-order chi connectivity index (χ1) is 18.6. The second-order valence-corrected chi connectivity index (χ2v) is 8.57. The molecule has 0 saturated carbocycles. The van der Waals surface area contributed by atoms with E-state index in [4.69, 9.17) is 15.2 Å². The Bertz CT molecular complexity index is 1620. The van der Waals surface area contributed by atoms with Gasteiger partial charge in [0.1, 0.15) is 23.9 Å². The van der Waals surface area contributed by atoms with Gasteiger partial charge in [0.25, 0.3) is 5.91 Å². The van der Waals surface area contributed by atoms with Crippen molar-refractivity contribution in [2.45, 2.75) is 6.61 Å². The third kappa shape index (κ3) is 4.93. The Kier molecular flexibility index (Phi) is 5.99. The molecule has 186 valence electrons. The maximum absolute atomic E-state index is 12.8. The van der Waals surface area contributed by atoms with Crippen LogP contribution in [0.3, 0.4) is 0 Å². The summed E-state index contributed by atoms with van der Waals surface area (Å²) in [5.74, 6) is 1.99. The van der Waals surface area contributed by atoms with E-state index in [0.29, 0.717) is 51.4 Å². The largest absolute Gasteiger partial charge is 0.489 e. The minimum atomic E-state index is -0.270. The molecule has 0 radical (unpaired) electrons. The van der Waals surface area contributed by atoms with E-state index in [1.54, 1.807) is 67.1 Å². The van der Waals surface area contributed by atoms with Crippen molar-refractivity contribution in [1.29, 1.82) is 0 Å². The van der Waals surface area contributed by atoms with Gasteiger partial charge in [0.05, 0.1) is 11.9 Å². The molecule has 5 aromatic rings. The molecule has 4 N–H and O–H groups in total. The number of aromatic nitrogens is 3. The van der Waals surface area contributed by atoms with Crippen LogP contribution in [0.1, 0.15) is 15.9 Å². The first-order valence-electron chi connectivity index (χ1n) is 11.9. The van der Waals surface area contributed by atoms with E-state index in [-0.39, 0.29) is 12.5 Å². The van der Waals surface area contributed by atoms with Crippen LogP contribution in [-0.4, -0.2) is 20.9 Å². The number of hydrogen-bond acceptors (Lipinski definition) is 8. The van der Waals surface area contributed by atoms with Gasteiger partial charge in [-0.3, -0.25) is 9.78 Å². The molecular formula is C29H22N6O3. The van der Waals surface area contributed by atoms with E-state index < -0.39 is 0 Å². The summed E-state index contributed by atoms with van der Waals surface area (Å²) < 4.78 is 12.1. The Hall–Kier alpha value is -5.44. The van der Waals surface area contributed by atoms with E-state index in [0.717, 1.165) is 11.3 Å². The molecule has 0 fully saturated rings. The average molecular weight is 503 g/mol. The van der Waals surface area contributed by atoms with Crippen molar-refractivity contribution in [2.75, 3.05) is 16.4 Å². The number of pyridine rings is 1. The van der Waals surface area contributed by atoms with E-state index in [9.17, 15) is 4.79 Å². The van der Waals surface area contributed by atoms with Gasteiger partial charge in [-0.25, -0.2) is 9.97 Å². The number of nitrogens with one attached hydrogen (secondary N) is 2. The highest BCUT2D eigenvalue weighted by Gasteiger charge is 2.14. The maximum atomic E-state index is 12.8. The minimum absolute atomic E-state index is 0.234. The molecule has 3 aromatic carbocycles. The van der Waals surface area contributed by atoms with Crippen LogP contribution in [-0.2, 0) is 6.61 Å². The van der Waals surface area contributed by atoms with Gasteiger partial charge >= 0.3 is 0 Å². The Balaban J connectivity index is 1.41. The Morgan fingerprint density at radius 3 is 2.58 bits per heavy atom. The summed E-state index contributed by atoms with van der Waals surface area (Å²) >= 11 is 0. The molecule has 0 aliphatic carbocycles. The zero-order valence-electron chi connectivity index (χ0n) is 20.1. The zero-order chi connectivity index (χ0) is 25.9. The fraction of sp³-hybridized carbons (Fsp3) is 0.0345. The summed E-state index contributed by atoms with van der Waals surface area (Å²) in [4.78, 5) is 25.9. The fourth-order valence-corrected chi connectivity index (χ4v) is 4.04. The van der Waals surface area contributed by atoms with Crippen molar-refractivity contribution >= 4 is 28.9 Å². The van der Waals surface area contributed by atoms with E-state index in [1.165, 1.54) is 0 Å². The summed E-state index contributed by atoms with van der Waals surface area (Å²) in [7, 11) is 0. The number of anilines is 4. The van der Waals surface area contributed by atoms with Crippen LogP contribution in [0.25, 0.3) is 11.3 Å². The predicted octanol–water partition coefficient (Wildman–Crippen LogP) is 5.80. The molecule has 0 saturated heterocycles. The van der Waals surface area contributed by atoms with Crippen molar-refractivity contribution < 1.29 is 14.3 Å². The third-order valence-corrected chi connectivity index (χ3v) is 5.93. The van der Waals surface area contributed by atoms with Crippen molar-refractivity contribution in [3.63, 3.8) is 0 Å². The van der Waals surface area contributed by atoms with Gasteiger partial charge in [-0.05, 0) is 78.9 Å². The zero-order valence-corrected chi connectivity index (χ0v) is 20.1. The Morgan fingerprint density at radius 2 is 1.76 bits per heavy atom. The Morgan fingerprint density at radius 1 is 0.895 bits per heavy atom. The van der Waals surface area contributed by atoms with E-state index in [1.807, 2.05) is 30.3 Å². The van der Waals surface area contributed by atoms with Crippen molar-refractivity contribution in [3.05, 3.63) is 109 Å². The van der Waals surface area contributed by atoms with Crippen LogP contribution < -0.4 is 25.8 Å². The monoisotopic (exact) mass is 502 g/mol. The summed E-state index contributed by atoms with van der Waals surface area (Å²) in [6.07, 6.45) is 4.99. The van der Waals surface area contributed by atoms with Gasteiger partial charge in [0.15, 0.2) is 0 Å². The van der Waals surface area contributed by atoms with Crippen LogP contribution in [0.5, 0.6) is 17.2 Å². The number of carbonyl (C=O) groups is 1. The van der Waals surface area contributed by atoms with Crippen molar-refractivity contribution in [3.8, 4) is 28.5 Å². The summed E-state index contributed by atoms with van der Waals surface area (Å²) in [6.45, 7) is 0.234. The van der Waals surface area contributed by atoms with Crippen molar-refractivity contribution in [2.24, 2.45) is 0 Å². The molecule has 38 heavy (non-hydrogen) atoms. The highest BCUT2D eigenvalue weighted by atomic mass is 16.5. The first kappa shape index (κ1) is 23.0. The number of rotatable bonds is 2. The highest BCUT2D eigenvalue weighted by Crippen LogP contribution is 2.31. The molecule has 9 rings (SSSR count). The summed E-state index contributed by atoms with van der Waals surface area (Å²) in [5.41, 5.74) is 10.7. The summed E-state index contributed by atoms with van der Waals surface area (Å²) in [6, 6.07) is 23.4. The predicted molar refractivity (Wildman–Crippen MR) is 145 cm³/mol. The van der Waals surface area contributed by atoms with Crippen LogP contribution >= 0.6 is 0 Å². The molecule has 0 unspecified atom stereocenters. The maximum Gasteiger partial charge on any atom is 0.255 e. The van der Waals surface area contributed by atoms with Crippen LogP contribution in [0.4, 0.5) is 23.0 Å². The number of benzene rings is 3. The lowest BCUT2D eigenvalue weighted by molar-refractivity contribution is 0.102. The molecule has 9 nitrogen and oxygen atoms in total. The molecule has 4 aliphatic rings. The topological polar surface area (TPSA) is 124 Å². The SMILES string of the molecule is Nc1cc2ccc1-c1ccnc(n1)Nc1ccc(Oc3cccnc3)c(c1)COc1ccc(cc1)NC2=O. The lowest BCUT2D eigenvalue weighted by atomic mass is 10.1. The van der Waals surface area contributed by atoms with Gasteiger partial charge in [-0.1, -0.05) is 0 Å². The minimum Gasteiger partial charge on any atom is -0.489 e. The highest BCUT2D eigenvalue weighted by molar-refractivity contribution is 6.05. The molecule has 9 heteroatoms. The number of nitrogens with zero attached hydrogens (tertiary/aromatic N) is 3.